The van der Waals surface area contributed by atoms with Crippen molar-refractivity contribution >= 4 is 5.96 Å². The van der Waals surface area contributed by atoms with Crippen LogP contribution in [-0.2, 0) is 20.0 Å². The molecular weight excluding hydrogens is 300 g/mol. The van der Waals surface area contributed by atoms with Crippen LogP contribution in [0.15, 0.2) is 35.3 Å². The van der Waals surface area contributed by atoms with Crippen molar-refractivity contribution in [3.05, 3.63) is 47.5 Å². The minimum Gasteiger partial charge on any atom is -0.357 e. The van der Waals surface area contributed by atoms with Crippen LogP contribution in [0.2, 0.25) is 0 Å². The second kappa shape index (κ2) is 9.05. The summed E-state index contributed by atoms with van der Waals surface area (Å²) in [5.74, 6) is 2.58. The van der Waals surface area contributed by atoms with E-state index < -0.39 is 0 Å². The molecule has 6 heteroatoms. The number of hydrogen-bond acceptors (Lipinski definition) is 3. The summed E-state index contributed by atoms with van der Waals surface area (Å²) in [6.45, 7) is 7.53. The maximum Gasteiger partial charge on any atom is 0.191 e. The monoisotopic (exact) mass is 328 g/mol. The molecule has 0 spiro atoms. The van der Waals surface area contributed by atoms with E-state index in [2.05, 4.69) is 70.0 Å². The molecular formula is C18H28N6. The molecule has 1 atom stereocenters. The van der Waals surface area contributed by atoms with Gasteiger partial charge in [-0.1, -0.05) is 30.3 Å². The highest BCUT2D eigenvalue weighted by molar-refractivity contribution is 5.79. The molecule has 1 unspecified atom stereocenters. The molecule has 0 saturated heterocycles. The van der Waals surface area contributed by atoms with Crippen molar-refractivity contribution in [3.8, 4) is 0 Å². The van der Waals surface area contributed by atoms with Gasteiger partial charge in [-0.2, -0.15) is 0 Å². The van der Waals surface area contributed by atoms with Gasteiger partial charge in [-0.3, -0.25) is 0 Å². The first-order chi connectivity index (χ1) is 11.6. The standard InChI is InChI=1S/C18H28N6/c1-5-19-18(20-13-17-23-22-15(3)24(17)4)21-14(2)11-12-16-9-7-6-8-10-16/h6-10,14H,5,11-13H2,1-4H3,(H2,19,20,21). The Bertz CT molecular complexity index is 647. The SMILES string of the molecule is CCNC(=NCc1nnc(C)n1C)NC(C)CCc1ccccc1. The third kappa shape index (κ3) is 5.37. The average Bonchev–Trinajstić information content (AvgIpc) is 2.91. The zero-order valence-electron chi connectivity index (χ0n) is 15.1. The first kappa shape index (κ1) is 18.0. The van der Waals surface area contributed by atoms with Gasteiger partial charge in [0.05, 0.1) is 0 Å². The van der Waals surface area contributed by atoms with Gasteiger partial charge in [-0.25, -0.2) is 4.99 Å². The molecule has 1 aromatic heterocycles. The van der Waals surface area contributed by atoms with E-state index in [0.717, 1.165) is 37.0 Å². The second-order valence-corrected chi connectivity index (χ2v) is 5.99. The van der Waals surface area contributed by atoms with E-state index in [1.54, 1.807) is 0 Å². The van der Waals surface area contributed by atoms with Crippen molar-refractivity contribution < 1.29 is 0 Å². The number of benzene rings is 1. The molecule has 130 valence electrons. The molecule has 0 aliphatic carbocycles. The molecule has 0 amide bonds. The van der Waals surface area contributed by atoms with Crippen LogP contribution in [0, 0.1) is 6.92 Å². The number of aliphatic imine (C=N–C) groups is 1. The van der Waals surface area contributed by atoms with Crippen LogP contribution in [0.4, 0.5) is 0 Å². The highest BCUT2D eigenvalue weighted by atomic mass is 15.3. The van der Waals surface area contributed by atoms with E-state index in [-0.39, 0.29) is 0 Å². The van der Waals surface area contributed by atoms with Crippen molar-refractivity contribution in [2.24, 2.45) is 12.0 Å². The quantitative estimate of drug-likeness (QED) is 0.604. The number of aromatic nitrogens is 3. The molecule has 1 heterocycles. The van der Waals surface area contributed by atoms with Gasteiger partial charge in [0.1, 0.15) is 12.4 Å². The maximum absolute atomic E-state index is 4.62. The second-order valence-electron chi connectivity index (χ2n) is 5.99. The van der Waals surface area contributed by atoms with Crippen molar-refractivity contribution in [1.82, 2.24) is 25.4 Å². The van der Waals surface area contributed by atoms with Gasteiger partial charge in [-0.05, 0) is 39.2 Å². The van der Waals surface area contributed by atoms with Gasteiger partial charge in [0.2, 0.25) is 0 Å². The first-order valence-electron chi connectivity index (χ1n) is 8.53. The summed E-state index contributed by atoms with van der Waals surface area (Å²) in [7, 11) is 1.96. The molecule has 2 rings (SSSR count). The molecule has 0 fully saturated rings. The van der Waals surface area contributed by atoms with E-state index in [4.69, 9.17) is 0 Å². The molecule has 6 nitrogen and oxygen atoms in total. The summed E-state index contributed by atoms with van der Waals surface area (Å²) in [6, 6.07) is 10.9. The van der Waals surface area contributed by atoms with Gasteiger partial charge < -0.3 is 15.2 Å². The van der Waals surface area contributed by atoms with Crippen LogP contribution in [0.5, 0.6) is 0 Å². The fourth-order valence-electron chi connectivity index (χ4n) is 2.39. The number of nitrogens with zero attached hydrogens (tertiary/aromatic N) is 4. The van der Waals surface area contributed by atoms with E-state index in [9.17, 15) is 0 Å². The minimum absolute atomic E-state index is 0.337. The Hall–Kier alpha value is -2.37. The summed E-state index contributed by atoms with van der Waals surface area (Å²) in [5.41, 5.74) is 1.36. The lowest BCUT2D eigenvalue weighted by Gasteiger charge is -2.17. The largest absolute Gasteiger partial charge is 0.357 e. The van der Waals surface area contributed by atoms with Crippen molar-refractivity contribution in [2.75, 3.05) is 6.54 Å². The number of nitrogens with one attached hydrogen (secondary N) is 2. The topological polar surface area (TPSA) is 67.1 Å². The lowest BCUT2D eigenvalue weighted by Crippen LogP contribution is -2.42. The van der Waals surface area contributed by atoms with Crippen molar-refractivity contribution in [2.45, 2.75) is 46.2 Å². The van der Waals surface area contributed by atoms with E-state index >= 15 is 0 Å². The predicted octanol–water partition coefficient (Wildman–Crippen LogP) is 2.20. The third-order valence-electron chi connectivity index (χ3n) is 4.00. The Morgan fingerprint density at radius 1 is 1.25 bits per heavy atom. The highest BCUT2D eigenvalue weighted by Gasteiger charge is 2.08. The van der Waals surface area contributed by atoms with Crippen molar-refractivity contribution in [3.63, 3.8) is 0 Å². The van der Waals surface area contributed by atoms with Crippen molar-refractivity contribution in [1.29, 1.82) is 0 Å². The van der Waals surface area contributed by atoms with E-state index in [0.29, 0.717) is 12.6 Å². The number of aryl methyl sites for hydroxylation is 2. The minimum atomic E-state index is 0.337. The Labute approximate surface area is 144 Å². The van der Waals surface area contributed by atoms with E-state index in [1.165, 1.54) is 5.56 Å². The normalized spacial score (nSPS) is 12.9. The lowest BCUT2D eigenvalue weighted by molar-refractivity contribution is 0.592. The number of guanidine groups is 1. The van der Waals surface area contributed by atoms with Gasteiger partial charge in [0.25, 0.3) is 0 Å². The van der Waals surface area contributed by atoms with Gasteiger partial charge >= 0.3 is 0 Å². The van der Waals surface area contributed by atoms with Gasteiger partial charge in [0.15, 0.2) is 11.8 Å². The molecule has 0 saturated carbocycles. The number of hydrogen-bond donors (Lipinski definition) is 2. The Balaban J connectivity index is 1.89. The summed E-state index contributed by atoms with van der Waals surface area (Å²) >= 11 is 0. The third-order valence-corrected chi connectivity index (χ3v) is 4.00. The molecule has 0 bridgehead atoms. The predicted molar refractivity (Wildman–Crippen MR) is 97.9 cm³/mol. The molecule has 2 N–H and O–H groups in total. The van der Waals surface area contributed by atoms with Crippen LogP contribution >= 0.6 is 0 Å². The molecule has 0 radical (unpaired) electrons. The van der Waals surface area contributed by atoms with Crippen LogP contribution in [-0.4, -0.2) is 33.3 Å². The molecule has 0 aliphatic rings. The molecule has 0 aliphatic heterocycles. The fraction of sp³-hybridized carbons (Fsp3) is 0.500. The van der Waals surface area contributed by atoms with E-state index in [1.807, 2.05) is 18.5 Å². The van der Waals surface area contributed by atoms with Gasteiger partial charge in [-0.15, -0.1) is 10.2 Å². The Kier molecular flexibility index (Phi) is 6.78. The lowest BCUT2D eigenvalue weighted by atomic mass is 10.1. The molecule has 1 aromatic carbocycles. The molecule has 24 heavy (non-hydrogen) atoms. The summed E-state index contributed by atoms with van der Waals surface area (Å²) in [4.78, 5) is 4.62. The smallest absolute Gasteiger partial charge is 0.191 e. The zero-order valence-corrected chi connectivity index (χ0v) is 15.1. The van der Waals surface area contributed by atoms with Gasteiger partial charge in [0, 0.05) is 19.6 Å². The van der Waals surface area contributed by atoms with Crippen LogP contribution in [0.3, 0.4) is 0 Å². The fourth-order valence-corrected chi connectivity index (χ4v) is 2.39. The van der Waals surface area contributed by atoms with Crippen LogP contribution in [0.1, 0.15) is 37.5 Å². The summed E-state index contributed by atoms with van der Waals surface area (Å²) in [6.07, 6.45) is 2.11. The summed E-state index contributed by atoms with van der Waals surface area (Å²) < 4.78 is 1.96. The highest BCUT2D eigenvalue weighted by Crippen LogP contribution is 2.05. The van der Waals surface area contributed by atoms with Crippen LogP contribution in [0.25, 0.3) is 0 Å². The average molecular weight is 328 g/mol. The molecule has 2 aromatic rings. The zero-order chi connectivity index (χ0) is 17.4. The van der Waals surface area contributed by atoms with Crippen LogP contribution < -0.4 is 10.6 Å². The Morgan fingerprint density at radius 3 is 2.62 bits per heavy atom. The Morgan fingerprint density at radius 2 is 2.00 bits per heavy atom. The maximum atomic E-state index is 4.62. The number of rotatable bonds is 7. The summed E-state index contributed by atoms with van der Waals surface area (Å²) in [5, 5.41) is 15.0. The first-order valence-corrected chi connectivity index (χ1v) is 8.53.